The normalized spacial score (nSPS) is 12.1. The van der Waals surface area contributed by atoms with Crippen LogP contribution in [0.25, 0.3) is 0 Å². The van der Waals surface area contributed by atoms with Crippen molar-refractivity contribution in [1.82, 2.24) is 9.55 Å². The van der Waals surface area contributed by atoms with Crippen LogP contribution in [0.15, 0.2) is 43.0 Å². The van der Waals surface area contributed by atoms with E-state index in [0.29, 0.717) is 5.75 Å². The van der Waals surface area contributed by atoms with E-state index in [0.717, 1.165) is 12.1 Å². The predicted molar refractivity (Wildman–Crippen MR) is 67.1 cm³/mol. The van der Waals surface area contributed by atoms with E-state index in [1.807, 2.05) is 35.0 Å². The van der Waals surface area contributed by atoms with Crippen molar-refractivity contribution in [3.63, 3.8) is 0 Å². The highest BCUT2D eigenvalue weighted by Gasteiger charge is 2.09. The Hall–Kier alpha value is -2.30. The zero-order valence-corrected chi connectivity index (χ0v) is 10.1. The summed E-state index contributed by atoms with van der Waals surface area (Å²) in [4.78, 5) is 14.9. The van der Waals surface area contributed by atoms with Crippen LogP contribution >= 0.6 is 0 Å². The molecule has 1 amide bonds. The third-order valence-electron chi connectivity index (χ3n) is 2.56. The number of nitrogens with two attached hydrogens (primary N) is 1. The van der Waals surface area contributed by atoms with Gasteiger partial charge in [0, 0.05) is 18.9 Å². The van der Waals surface area contributed by atoms with Crippen molar-refractivity contribution in [3.05, 3.63) is 48.5 Å². The monoisotopic (exact) mass is 245 g/mol. The molecule has 2 aromatic rings. The molecule has 0 aliphatic heterocycles. The van der Waals surface area contributed by atoms with E-state index in [1.165, 1.54) is 0 Å². The molecule has 0 bridgehead atoms. The smallest absolute Gasteiger partial charge is 0.258 e. The second-order valence-electron chi connectivity index (χ2n) is 4.04. The van der Waals surface area contributed by atoms with Crippen LogP contribution in [-0.2, 0) is 11.3 Å². The molecule has 5 heteroatoms. The second kappa shape index (κ2) is 5.35. The van der Waals surface area contributed by atoms with Crippen LogP contribution in [0.5, 0.6) is 5.75 Å². The third kappa shape index (κ3) is 3.10. The van der Waals surface area contributed by atoms with E-state index in [-0.39, 0.29) is 0 Å². The molecule has 2 rings (SSSR count). The van der Waals surface area contributed by atoms with Gasteiger partial charge in [-0.15, -0.1) is 0 Å². The van der Waals surface area contributed by atoms with Crippen LogP contribution in [0.1, 0.15) is 12.5 Å². The second-order valence-corrected chi connectivity index (χ2v) is 4.04. The van der Waals surface area contributed by atoms with Gasteiger partial charge in [-0.3, -0.25) is 4.79 Å². The lowest BCUT2D eigenvalue weighted by atomic mass is 10.2. The highest BCUT2D eigenvalue weighted by molar-refractivity contribution is 5.78. The van der Waals surface area contributed by atoms with Crippen molar-refractivity contribution in [3.8, 4) is 5.75 Å². The van der Waals surface area contributed by atoms with E-state index in [4.69, 9.17) is 10.5 Å². The molecule has 0 radical (unpaired) electrons. The first-order chi connectivity index (χ1) is 8.65. The van der Waals surface area contributed by atoms with Crippen molar-refractivity contribution in [2.24, 2.45) is 5.73 Å². The first-order valence-electron chi connectivity index (χ1n) is 5.66. The fourth-order valence-corrected chi connectivity index (χ4v) is 1.53. The summed E-state index contributed by atoms with van der Waals surface area (Å²) in [6.07, 6.45) is 4.79. The minimum absolute atomic E-state index is 0.475. The van der Waals surface area contributed by atoms with Gasteiger partial charge in [0.15, 0.2) is 6.10 Å². The molecule has 1 aromatic carbocycles. The Balaban J connectivity index is 1.99. The van der Waals surface area contributed by atoms with Crippen LogP contribution in [0.2, 0.25) is 0 Å². The van der Waals surface area contributed by atoms with Crippen molar-refractivity contribution >= 4 is 5.91 Å². The summed E-state index contributed by atoms with van der Waals surface area (Å²) in [6.45, 7) is 2.38. The number of carbonyl (C=O) groups excluding carboxylic acids is 1. The Labute approximate surface area is 105 Å². The van der Waals surface area contributed by atoms with Gasteiger partial charge in [-0.25, -0.2) is 4.98 Å². The summed E-state index contributed by atoms with van der Waals surface area (Å²) in [5.74, 6) is 0.160. The lowest BCUT2D eigenvalue weighted by Crippen LogP contribution is -2.30. The molecule has 0 saturated carbocycles. The molecule has 5 nitrogen and oxygen atoms in total. The first-order valence-corrected chi connectivity index (χ1v) is 5.66. The molecule has 1 heterocycles. The highest BCUT2D eigenvalue weighted by Crippen LogP contribution is 2.14. The van der Waals surface area contributed by atoms with Crippen LogP contribution in [0.4, 0.5) is 0 Å². The van der Waals surface area contributed by atoms with Gasteiger partial charge in [0.2, 0.25) is 0 Å². The number of primary amides is 1. The fourth-order valence-electron chi connectivity index (χ4n) is 1.53. The number of amides is 1. The molecule has 1 unspecified atom stereocenters. The lowest BCUT2D eigenvalue weighted by Gasteiger charge is -2.11. The predicted octanol–water partition coefficient (Wildman–Crippen LogP) is 1.18. The molecule has 18 heavy (non-hydrogen) atoms. The molecule has 0 aliphatic carbocycles. The summed E-state index contributed by atoms with van der Waals surface area (Å²) in [6, 6.07) is 7.55. The first kappa shape index (κ1) is 12.2. The number of carbonyl (C=O) groups is 1. The van der Waals surface area contributed by atoms with Crippen LogP contribution in [0.3, 0.4) is 0 Å². The van der Waals surface area contributed by atoms with E-state index in [9.17, 15) is 4.79 Å². The molecule has 1 aromatic heterocycles. The van der Waals surface area contributed by atoms with Crippen LogP contribution < -0.4 is 10.5 Å². The van der Waals surface area contributed by atoms with E-state index >= 15 is 0 Å². The number of nitrogens with zero attached hydrogens (tertiary/aromatic N) is 2. The van der Waals surface area contributed by atoms with Gasteiger partial charge in [-0.2, -0.15) is 0 Å². The summed E-state index contributed by atoms with van der Waals surface area (Å²) in [5.41, 5.74) is 6.26. The van der Waals surface area contributed by atoms with Crippen molar-refractivity contribution in [2.75, 3.05) is 0 Å². The minimum Gasteiger partial charge on any atom is -0.481 e. The quantitative estimate of drug-likeness (QED) is 0.860. The molecule has 2 N–H and O–H groups in total. The maximum atomic E-state index is 10.9. The van der Waals surface area contributed by atoms with Crippen molar-refractivity contribution in [2.45, 2.75) is 19.6 Å². The molecule has 1 atom stereocenters. The number of hydrogen-bond donors (Lipinski definition) is 1. The van der Waals surface area contributed by atoms with Gasteiger partial charge < -0.3 is 15.0 Å². The summed E-state index contributed by atoms with van der Waals surface area (Å²) in [7, 11) is 0. The molecular formula is C13H15N3O2. The number of benzene rings is 1. The number of rotatable bonds is 5. The van der Waals surface area contributed by atoms with Gasteiger partial charge in [0.25, 0.3) is 5.91 Å². The average Bonchev–Trinajstić information content (AvgIpc) is 2.84. The molecule has 0 saturated heterocycles. The zero-order valence-electron chi connectivity index (χ0n) is 10.1. The van der Waals surface area contributed by atoms with Gasteiger partial charge in [-0.1, -0.05) is 12.1 Å². The molecule has 0 fully saturated rings. The summed E-state index contributed by atoms with van der Waals surface area (Å²) >= 11 is 0. The lowest BCUT2D eigenvalue weighted by molar-refractivity contribution is -0.123. The van der Waals surface area contributed by atoms with Gasteiger partial charge in [-0.05, 0) is 24.6 Å². The van der Waals surface area contributed by atoms with Crippen LogP contribution in [-0.4, -0.2) is 21.6 Å². The maximum absolute atomic E-state index is 10.9. The Kier molecular flexibility index (Phi) is 3.62. The third-order valence-corrected chi connectivity index (χ3v) is 2.56. The Morgan fingerprint density at radius 2 is 2.17 bits per heavy atom. The SMILES string of the molecule is CC(Oc1ccc(Cn2ccnc2)cc1)C(N)=O. The summed E-state index contributed by atoms with van der Waals surface area (Å²) in [5, 5.41) is 0. The largest absolute Gasteiger partial charge is 0.481 e. The van der Waals surface area contributed by atoms with Crippen molar-refractivity contribution < 1.29 is 9.53 Å². The standard InChI is InChI=1S/C13H15N3O2/c1-10(13(14)17)18-12-4-2-11(3-5-12)8-16-7-6-15-9-16/h2-7,9-10H,8H2,1H3,(H2,14,17). The maximum Gasteiger partial charge on any atom is 0.258 e. The Morgan fingerprint density at radius 1 is 1.44 bits per heavy atom. The Morgan fingerprint density at radius 3 is 2.72 bits per heavy atom. The van der Waals surface area contributed by atoms with Gasteiger partial charge >= 0.3 is 0 Å². The van der Waals surface area contributed by atoms with E-state index < -0.39 is 12.0 Å². The number of aromatic nitrogens is 2. The van der Waals surface area contributed by atoms with Gasteiger partial charge in [0.1, 0.15) is 5.75 Å². The molecular weight excluding hydrogens is 230 g/mol. The molecule has 0 aliphatic rings. The molecule has 0 spiro atoms. The summed E-state index contributed by atoms with van der Waals surface area (Å²) < 4.78 is 7.35. The van der Waals surface area contributed by atoms with E-state index in [2.05, 4.69) is 4.98 Å². The number of hydrogen-bond acceptors (Lipinski definition) is 3. The average molecular weight is 245 g/mol. The zero-order chi connectivity index (χ0) is 13.0. The molecule has 94 valence electrons. The minimum atomic E-state index is -0.621. The van der Waals surface area contributed by atoms with Gasteiger partial charge in [0.05, 0.1) is 6.33 Å². The Bertz CT molecular complexity index is 506. The number of ether oxygens (including phenoxy) is 1. The van der Waals surface area contributed by atoms with Crippen molar-refractivity contribution in [1.29, 1.82) is 0 Å². The fraction of sp³-hybridized carbons (Fsp3) is 0.231. The van der Waals surface area contributed by atoms with Crippen LogP contribution in [0, 0.1) is 0 Å². The highest BCUT2D eigenvalue weighted by atomic mass is 16.5. The topological polar surface area (TPSA) is 70.1 Å². The number of imidazole rings is 1. The van der Waals surface area contributed by atoms with E-state index in [1.54, 1.807) is 19.4 Å².